The van der Waals surface area contributed by atoms with Gasteiger partial charge in [0.1, 0.15) is 0 Å². The van der Waals surface area contributed by atoms with Crippen LogP contribution in [0.5, 0.6) is 0 Å². The molecule has 0 heterocycles. The Morgan fingerprint density at radius 3 is 2.73 bits per heavy atom. The molecule has 0 saturated carbocycles. The zero-order chi connectivity index (χ0) is 8.69. The fourth-order valence-corrected chi connectivity index (χ4v) is 0.887. The molecule has 0 spiro atoms. The number of rotatable bonds is 5. The molecule has 0 aromatic rings. The lowest BCUT2D eigenvalue weighted by molar-refractivity contribution is -0.121. The maximum absolute atomic E-state index is 10.9. The highest BCUT2D eigenvalue weighted by molar-refractivity contribution is 9.09. The summed E-state index contributed by atoms with van der Waals surface area (Å²) in [7, 11) is 0. The number of halogens is 1. The van der Waals surface area contributed by atoms with Crippen molar-refractivity contribution in [2.24, 2.45) is 5.92 Å². The van der Waals surface area contributed by atoms with E-state index in [1.165, 1.54) is 0 Å². The number of carbonyl (C=O) groups is 1. The number of hydrogen-bond acceptors (Lipinski definition) is 1. The van der Waals surface area contributed by atoms with Gasteiger partial charge < -0.3 is 5.32 Å². The predicted molar refractivity (Wildman–Crippen MR) is 50.9 cm³/mol. The van der Waals surface area contributed by atoms with Gasteiger partial charge in [-0.3, -0.25) is 4.79 Å². The van der Waals surface area contributed by atoms with Crippen molar-refractivity contribution in [2.45, 2.75) is 26.7 Å². The molecule has 1 atom stereocenters. The Bertz CT molecular complexity index is 117. The summed E-state index contributed by atoms with van der Waals surface area (Å²) in [6.45, 7) is 4.89. The summed E-state index contributed by atoms with van der Waals surface area (Å²) in [5.41, 5.74) is 0. The molecule has 0 aliphatic heterocycles. The van der Waals surface area contributed by atoms with Gasteiger partial charge in [-0.1, -0.05) is 29.8 Å². The molecule has 66 valence electrons. The van der Waals surface area contributed by atoms with Crippen molar-refractivity contribution >= 4 is 21.8 Å². The summed E-state index contributed by atoms with van der Waals surface area (Å²) in [6, 6.07) is 0. The summed E-state index contributed by atoms with van der Waals surface area (Å²) in [5.74, 6) is 0.691. The van der Waals surface area contributed by atoms with Crippen LogP contribution < -0.4 is 5.32 Å². The van der Waals surface area contributed by atoms with Gasteiger partial charge in [-0.05, 0) is 12.3 Å². The lowest BCUT2D eigenvalue weighted by Crippen LogP contribution is -2.28. The van der Waals surface area contributed by atoms with Crippen molar-refractivity contribution < 1.29 is 4.79 Å². The van der Waals surface area contributed by atoms with Gasteiger partial charge in [0.25, 0.3) is 0 Å². The third-order valence-electron chi connectivity index (χ3n) is 1.39. The third kappa shape index (κ3) is 6.35. The Morgan fingerprint density at radius 1 is 1.64 bits per heavy atom. The molecule has 1 unspecified atom stereocenters. The van der Waals surface area contributed by atoms with Crippen molar-refractivity contribution in [3.63, 3.8) is 0 Å². The quantitative estimate of drug-likeness (QED) is 0.707. The molecule has 0 saturated heterocycles. The second kappa shape index (κ2) is 6.65. The van der Waals surface area contributed by atoms with Crippen LogP contribution in [0.4, 0.5) is 0 Å². The molecule has 11 heavy (non-hydrogen) atoms. The summed E-state index contributed by atoms with van der Waals surface area (Å²) in [4.78, 5) is 10.9. The first kappa shape index (κ1) is 11.0. The van der Waals surface area contributed by atoms with Crippen molar-refractivity contribution in [1.82, 2.24) is 5.32 Å². The van der Waals surface area contributed by atoms with Gasteiger partial charge in [0.05, 0.1) is 0 Å². The zero-order valence-corrected chi connectivity index (χ0v) is 8.78. The minimum atomic E-state index is 0.167. The van der Waals surface area contributed by atoms with Crippen molar-refractivity contribution in [2.75, 3.05) is 11.9 Å². The lowest BCUT2D eigenvalue weighted by atomic mass is 10.2. The number of carbonyl (C=O) groups excluding carboxylic acids is 1. The highest BCUT2D eigenvalue weighted by atomic mass is 79.9. The molecular formula is C8H16BrNO. The molecule has 1 amide bonds. The van der Waals surface area contributed by atoms with Crippen LogP contribution in [-0.2, 0) is 4.79 Å². The predicted octanol–water partition coefficient (Wildman–Crippen LogP) is 1.93. The smallest absolute Gasteiger partial charge is 0.219 e. The summed E-state index contributed by atoms with van der Waals surface area (Å²) < 4.78 is 0. The van der Waals surface area contributed by atoms with E-state index in [0.29, 0.717) is 12.3 Å². The fourth-order valence-electron chi connectivity index (χ4n) is 0.658. The first-order chi connectivity index (χ1) is 5.20. The average Bonchev–Trinajstić information content (AvgIpc) is 2.01. The van der Waals surface area contributed by atoms with Crippen molar-refractivity contribution in [3.8, 4) is 0 Å². The Hall–Kier alpha value is -0.0500. The van der Waals surface area contributed by atoms with Crippen LogP contribution in [0.3, 0.4) is 0 Å². The fraction of sp³-hybridized carbons (Fsp3) is 0.875. The minimum absolute atomic E-state index is 0.167. The Balaban J connectivity index is 3.30. The van der Waals surface area contributed by atoms with Crippen LogP contribution in [0, 0.1) is 5.92 Å². The molecule has 0 aliphatic carbocycles. The highest BCUT2D eigenvalue weighted by Crippen LogP contribution is 1.97. The lowest BCUT2D eigenvalue weighted by Gasteiger charge is -2.08. The maximum atomic E-state index is 10.9. The van der Waals surface area contributed by atoms with E-state index in [1.54, 1.807) is 0 Å². The molecule has 2 nitrogen and oxygen atoms in total. The molecule has 0 rings (SSSR count). The van der Waals surface area contributed by atoms with Gasteiger partial charge in [0.2, 0.25) is 5.91 Å². The summed E-state index contributed by atoms with van der Waals surface area (Å²) in [6.07, 6.45) is 1.57. The SMILES string of the molecule is CCCC(=O)NCC(C)CBr. The van der Waals surface area contributed by atoms with E-state index in [2.05, 4.69) is 28.2 Å². The maximum Gasteiger partial charge on any atom is 0.219 e. The molecule has 0 aromatic carbocycles. The number of alkyl halides is 1. The molecule has 3 heteroatoms. The third-order valence-corrected chi connectivity index (χ3v) is 2.49. The molecule has 0 bridgehead atoms. The number of hydrogen-bond donors (Lipinski definition) is 1. The van der Waals surface area contributed by atoms with Gasteiger partial charge >= 0.3 is 0 Å². The van der Waals surface area contributed by atoms with Crippen LogP contribution in [0.25, 0.3) is 0 Å². The topological polar surface area (TPSA) is 29.1 Å². The average molecular weight is 222 g/mol. The van der Waals surface area contributed by atoms with E-state index in [-0.39, 0.29) is 5.91 Å². The first-order valence-electron chi connectivity index (χ1n) is 4.03. The second-order valence-corrected chi connectivity index (χ2v) is 3.46. The highest BCUT2D eigenvalue weighted by Gasteiger charge is 2.02. The normalized spacial score (nSPS) is 12.6. The van der Waals surface area contributed by atoms with E-state index in [0.717, 1.165) is 18.3 Å². The molecule has 0 radical (unpaired) electrons. The van der Waals surface area contributed by atoms with E-state index in [4.69, 9.17) is 0 Å². The molecule has 0 aromatic heterocycles. The summed E-state index contributed by atoms with van der Waals surface area (Å²) >= 11 is 3.35. The number of nitrogens with one attached hydrogen (secondary N) is 1. The van der Waals surface area contributed by atoms with Crippen LogP contribution >= 0.6 is 15.9 Å². The monoisotopic (exact) mass is 221 g/mol. The zero-order valence-electron chi connectivity index (χ0n) is 7.19. The Morgan fingerprint density at radius 2 is 2.27 bits per heavy atom. The van der Waals surface area contributed by atoms with E-state index < -0.39 is 0 Å². The largest absolute Gasteiger partial charge is 0.356 e. The van der Waals surface area contributed by atoms with E-state index in [9.17, 15) is 4.79 Å². The number of amides is 1. The standard InChI is InChI=1S/C8H16BrNO/c1-3-4-8(11)10-6-7(2)5-9/h7H,3-6H2,1-2H3,(H,10,11). The molecule has 0 fully saturated rings. The van der Waals surface area contributed by atoms with Crippen LogP contribution in [0.15, 0.2) is 0 Å². The van der Waals surface area contributed by atoms with Crippen molar-refractivity contribution in [3.05, 3.63) is 0 Å². The van der Waals surface area contributed by atoms with E-state index in [1.807, 2.05) is 6.92 Å². The van der Waals surface area contributed by atoms with Crippen LogP contribution in [0.1, 0.15) is 26.7 Å². The Labute approximate surface area is 76.9 Å². The van der Waals surface area contributed by atoms with Gasteiger partial charge in [0, 0.05) is 18.3 Å². The van der Waals surface area contributed by atoms with Gasteiger partial charge in [-0.15, -0.1) is 0 Å². The van der Waals surface area contributed by atoms with Crippen LogP contribution in [0.2, 0.25) is 0 Å². The Kier molecular flexibility index (Phi) is 6.62. The van der Waals surface area contributed by atoms with Crippen LogP contribution in [-0.4, -0.2) is 17.8 Å². The molecule has 0 aliphatic rings. The molecular weight excluding hydrogens is 206 g/mol. The van der Waals surface area contributed by atoms with Crippen molar-refractivity contribution in [1.29, 1.82) is 0 Å². The first-order valence-corrected chi connectivity index (χ1v) is 5.15. The summed E-state index contributed by atoms with van der Waals surface area (Å²) in [5, 5.41) is 3.81. The second-order valence-electron chi connectivity index (χ2n) is 2.81. The minimum Gasteiger partial charge on any atom is -0.356 e. The van der Waals surface area contributed by atoms with Gasteiger partial charge in [-0.2, -0.15) is 0 Å². The van der Waals surface area contributed by atoms with Gasteiger partial charge in [0.15, 0.2) is 0 Å². The van der Waals surface area contributed by atoms with Gasteiger partial charge in [-0.25, -0.2) is 0 Å². The molecule has 1 N–H and O–H groups in total. The van der Waals surface area contributed by atoms with E-state index >= 15 is 0 Å².